The molecule has 0 unspecified atom stereocenters. The molecule has 2 aromatic carbocycles. The molecule has 1 heterocycles. The van der Waals surface area contributed by atoms with E-state index < -0.39 is 11.0 Å². The number of para-hydroxylation sites is 2. The molecule has 1 aromatic heterocycles. The number of imidazole rings is 1. The Morgan fingerprint density at radius 2 is 2.15 bits per heavy atom. The molecule has 3 rings (SSSR count). The molecule has 0 aliphatic rings. The molecule has 9 heteroatoms. The number of fused-ring (bicyclic) bond motifs is 1. The minimum absolute atomic E-state index is 0.0195. The van der Waals surface area contributed by atoms with Crippen LogP contribution in [0.15, 0.2) is 48.2 Å². The quantitative estimate of drug-likeness (QED) is 0.291. The molecule has 3 aromatic rings. The van der Waals surface area contributed by atoms with Gasteiger partial charge in [-0.2, -0.15) is 5.26 Å². The van der Waals surface area contributed by atoms with Crippen LogP contribution >= 0.6 is 11.6 Å². The monoisotopic (exact) mass is 384 g/mol. The van der Waals surface area contributed by atoms with Crippen LogP contribution in [0, 0.1) is 21.4 Å². The zero-order valence-corrected chi connectivity index (χ0v) is 14.8. The summed E-state index contributed by atoms with van der Waals surface area (Å²) < 4.78 is 5.56. The number of hydrogen-bond donors (Lipinski definition) is 2. The zero-order chi connectivity index (χ0) is 19.6. The smallest absolute Gasteiger partial charge is 0.271 e. The van der Waals surface area contributed by atoms with E-state index in [0.717, 1.165) is 11.6 Å². The Kier molecular flexibility index (Phi) is 4.96. The van der Waals surface area contributed by atoms with E-state index in [1.54, 1.807) is 12.1 Å². The van der Waals surface area contributed by atoms with E-state index in [0.29, 0.717) is 5.52 Å². The normalized spacial score (nSPS) is 12.9. The van der Waals surface area contributed by atoms with Crippen molar-refractivity contribution in [3.05, 3.63) is 69.2 Å². The molecular weight excluding hydrogens is 372 g/mol. The number of nitriles is 1. The lowest BCUT2D eigenvalue weighted by Gasteiger charge is -2.15. The second-order valence-corrected chi connectivity index (χ2v) is 6.01. The van der Waals surface area contributed by atoms with Crippen LogP contribution in [-0.4, -0.2) is 26.1 Å². The second kappa shape index (κ2) is 7.35. The molecule has 0 radical (unpaired) electrons. The third-order valence-electron chi connectivity index (χ3n) is 3.81. The van der Waals surface area contributed by atoms with Crippen LogP contribution in [0.3, 0.4) is 0 Å². The van der Waals surface area contributed by atoms with Crippen molar-refractivity contribution in [3.8, 4) is 11.8 Å². The number of allylic oxidation sites excluding steroid dienone is 1. The first kappa shape index (κ1) is 18.2. The molecule has 0 bridgehead atoms. The number of nitrogens with zero attached hydrogens (tertiary/aromatic N) is 3. The van der Waals surface area contributed by atoms with Gasteiger partial charge in [0.2, 0.25) is 0 Å². The summed E-state index contributed by atoms with van der Waals surface area (Å²) in [6.07, 6.45) is -0.938. The molecule has 0 aliphatic carbocycles. The Balaban J connectivity index is 1.91. The van der Waals surface area contributed by atoms with Crippen LogP contribution in [0.5, 0.6) is 5.75 Å². The fourth-order valence-corrected chi connectivity index (χ4v) is 2.67. The number of H-pyrrole nitrogens is 1. The lowest BCUT2D eigenvalue weighted by molar-refractivity contribution is -0.384. The van der Waals surface area contributed by atoms with Crippen molar-refractivity contribution >= 4 is 33.9 Å². The average molecular weight is 385 g/mol. The number of rotatable bonds is 5. The molecule has 0 saturated carbocycles. The largest absolute Gasteiger partial charge is 0.507 e. The molecule has 8 nitrogen and oxygen atoms in total. The molecule has 0 aliphatic heterocycles. The number of nitrogens with one attached hydrogen (secondary N) is 1. The summed E-state index contributed by atoms with van der Waals surface area (Å²) in [6.45, 7) is 1.52. The Morgan fingerprint density at radius 1 is 1.41 bits per heavy atom. The van der Waals surface area contributed by atoms with Gasteiger partial charge in [0.05, 0.1) is 21.0 Å². The van der Waals surface area contributed by atoms with E-state index in [4.69, 9.17) is 16.3 Å². The number of hydrogen-bond acceptors (Lipinski definition) is 6. The van der Waals surface area contributed by atoms with Crippen LogP contribution in [0.25, 0.3) is 16.6 Å². The van der Waals surface area contributed by atoms with Gasteiger partial charge in [0.25, 0.3) is 5.69 Å². The lowest BCUT2D eigenvalue weighted by atomic mass is 10.1. The van der Waals surface area contributed by atoms with Crippen molar-refractivity contribution in [2.45, 2.75) is 13.0 Å². The van der Waals surface area contributed by atoms with Crippen molar-refractivity contribution in [2.24, 2.45) is 0 Å². The highest BCUT2D eigenvalue weighted by molar-refractivity contribution is 6.32. The highest BCUT2D eigenvalue weighted by atomic mass is 35.5. The number of halogens is 1. The number of aromatic nitrogens is 2. The standard InChI is InChI=1S/C18H13ClN4O4/c1-10(27-16-7-6-11(23(25)26)8-13(16)19)17(24)12(9-20)18-21-14-4-2-3-5-15(14)22-18/h2-8,10,24H,1H3,(H,21,22)/b17-12-/t10-/m1/s1. The summed E-state index contributed by atoms with van der Waals surface area (Å²) in [6, 6.07) is 12.8. The first-order valence-electron chi connectivity index (χ1n) is 7.79. The average Bonchev–Trinajstić information content (AvgIpc) is 3.07. The van der Waals surface area contributed by atoms with E-state index in [-0.39, 0.29) is 33.6 Å². The number of aliphatic hydroxyl groups excluding tert-OH is 1. The second-order valence-electron chi connectivity index (χ2n) is 5.61. The van der Waals surface area contributed by atoms with Gasteiger partial charge in [-0.15, -0.1) is 0 Å². The SMILES string of the molecule is C[C@@H](Oc1ccc([N+](=O)[O-])cc1Cl)/C(O)=C(\C#N)c1nc2ccccc2[nH]1. The molecule has 27 heavy (non-hydrogen) atoms. The topological polar surface area (TPSA) is 125 Å². The van der Waals surface area contributed by atoms with Crippen molar-refractivity contribution in [3.63, 3.8) is 0 Å². The van der Waals surface area contributed by atoms with Gasteiger partial charge in [0.15, 0.2) is 17.7 Å². The van der Waals surface area contributed by atoms with E-state index in [1.165, 1.54) is 19.1 Å². The molecule has 136 valence electrons. The van der Waals surface area contributed by atoms with Crippen LogP contribution in [0.1, 0.15) is 12.7 Å². The van der Waals surface area contributed by atoms with Gasteiger partial charge < -0.3 is 14.8 Å². The van der Waals surface area contributed by atoms with Gasteiger partial charge in [0, 0.05) is 12.1 Å². The maximum atomic E-state index is 10.8. The fourth-order valence-electron chi connectivity index (χ4n) is 2.45. The summed E-state index contributed by atoms with van der Waals surface area (Å²) >= 11 is 6.00. The van der Waals surface area contributed by atoms with Crippen molar-refractivity contribution in [1.29, 1.82) is 5.26 Å². The highest BCUT2D eigenvalue weighted by Crippen LogP contribution is 2.31. The van der Waals surface area contributed by atoms with Gasteiger partial charge in [-0.3, -0.25) is 10.1 Å². The van der Waals surface area contributed by atoms with Gasteiger partial charge >= 0.3 is 0 Å². The number of aromatic amines is 1. The third kappa shape index (κ3) is 3.68. The zero-order valence-electron chi connectivity index (χ0n) is 14.0. The number of non-ortho nitro benzene ring substituents is 1. The molecule has 2 N–H and O–H groups in total. The first-order chi connectivity index (χ1) is 12.9. The Bertz CT molecular complexity index is 1070. The first-order valence-corrected chi connectivity index (χ1v) is 8.17. The molecule has 1 atom stereocenters. The summed E-state index contributed by atoms with van der Waals surface area (Å²) in [5, 5.41) is 30.7. The van der Waals surface area contributed by atoms with Gasteiger partial charge in [0.1, 0.15) is 17.4 Å². The Hall–Kier alpha value is -3.57. The minimum atomic E-state index is -0.938. The number of benzene rings is 2. The van der Waals surface area contributed by atoms with Crippen LogP contribution in [0.2, 0.25) is 5.02 Å². The van der Waals surface area contributed by atoms with Crippen LogP contribution in [0.4, 0.5) is 5.69 Å². The van der Waals surface area contributed by atoms with E-state index in [9.17, 15) is 20.5 Å². The number of ether oxygens (including phenoxy) is 1. The van der Waals surface area contributed by atoms with E-state index in [2.05, 4.69) is 9.97 Å². The van der Waals surface area contributed by atoms with E-state index in [1.807, 2.05) is 18.2 Å². The van der Waals surface area contributed by atoms with Crippen molar-refractivity contribution < 1.29 is 14.8 Å². The van der Waals surface area contributed by atoms with Crippen LogP contribution in [-0.2, 0) is 0 Å². The van der Waals surface area contributed by atoms with Gasteiger partial charge in [-0.05, 0) is 25.1 Å². The molecule has 0 saturated heterocycles. The number of aliphatic hydroxyl groups is 1. The predicted octanol–water partition coefficient (Wildman–Crippen LogP) is 4.38. The maximum absolute atomic E-state index is 10.8. The lowest BCUT2D eigenvalue weighted by Crippen LogP contribution is -2.17. The number of nitro groups is 1. The Morgan fingerprint density at radius 3 is 2.78 bits per heavy atom. The van der Waals surface area contributed by atoms with Crippen molar-refractivity contribution in [2.75, 3.05) is 0 Å². The predicted molar refractivity (Wildman–Crippen MR) is 99.5 cm³/mol. The minimum Gasteiger partial charge on any atom is -0.507 e. The molecular formula is C18H13ClN4O4. The summed E-state index contributed by atoms with van der Waals surface area (Å²) in [5.74, 6) is 0.00985. The van der Waals surface area contributed by atoms with Crippen LogP contribution < -0.4 is 4.74 Å². The van der Waals surface area contributed by atoms with Gasteiger partial charge in [-0.25, -0.2) is 4.98 Å². The van der Waals surface area contributed by atoms with Gasteiger partial charge in [-0.1, -0.05) is 23.7 Å². The fraction of sp³-hybridized carbons (Fsp3) is 0.111. The molecule has 0 amide bonds. The summed E-state index contributed by atoms with van der Waals surface area (Å²) in [5.41, 5.74) is 1.12. The summed E-state index contributed by atoms with van der Waals surface area (Å²) in [4.78, 5) is 17.4. The number of nitro benzene ring substituents is 1. The Labute approximate surface area is 158 Å². The van der Waals surface area contributed by atoms with E-state index >= 15 is 0 Å². The summed E-state index contributed by atoms with van der Waals surface area (Å²) in [7, 11) is 0. The van der Waals surface area contributed by atoms with Crippen molar-refractivity contribution in [1.82, 2.24) is 9.97 Å². The maximum Gasteiger partial charge on any atom is 0.271 e. The molecule has 0 fully saturated rings. The third-order valence-corrected chi connectivity index (χ3v) is 4.10. The molecule has 0 spiro atoms. The highest BCUT2D eigenvalue weighted by Gasteiger charge is 2.21.